The number of hydrogen-bond acceptors (Lipinski definition) is 4. The smallest absolute Gasteiger partial charge is 0.251 e. The fraction of sp³-hybridized carbons (Fsp3) is 0.286. The molecule has 0 bridgehead atoms. The Bertz CT molecular complexity index is 598. The molecule has 0 spiro atoms. The van der Waals surface area contributed by atoms with Gasteiger partial charge in [-0.05, 0) is 44.5 Å². The topological polar surface area (TPSA) is 81.2 Å². The van der Waals surface area contributed by atoms with Crippen molar-refractivity contribution in [1.29, 1.82) is 0 Å². The molecule has 0 aliphatic carbocycles. The van der Waals surface area contributed by atoms with Crippen molar-refractivity contribution in [2.75, 3.05) is 5.73 Å². The lowest BCUT2D eigenvalue weighted by Gasteiger charge is -2.06. The van der Waals surface area contributed by atoms with E-state index in [-0.39, 0.29) is 12.5 Å². The van der Waals surface area contributed by atoms with Crippen LogP contribution in [0.4, 0.5) is 5.69 Å². The van der Waals surface area contributed by atoms with Gasteiger partial charge in [0.1, 0.15) is 5.76 Å². The summed E-state index contributed by atoms with van der Waals surface area (Å²) in [6, 6.07) is 5.20. The third kappa shape index (κ3) is 2.93. The predicted molar refractivity (Wildman–Crippen MR) is 72.7 cm³/mol. The Morgan fingerprint density at radius 1 is 1.37 bits per heavy atom. The van der Waals surface area contributed by atoms with Crippen molar-refractivity contribution in [2.45, 2.75) is 27.3 Å². The van der Waals surface area contributed by atoms with Crippen molar-refractivity contribution in [3.63, 3.8) is 0 Å². The summed E-state index contributed by atoms with van der Waals surface area (Å²) in [6.45, 7) is 5.84. The maximum Gasteiger partial charge on any atom is 0.251 e. The third-order valence-electron chi connectivity index (χ3n) is 2.97. The summed E-state index contributed by atoms with van der Waals surface area (Å²) in [6.07, 6.45) is 0. The van der Waals surface area contributed by atoms with Gasteiger partial charge in [-0.15, -0.1) is 0 Å². The van der Waals surface area contributed by atoms with Crippen LogP contribution in [0.15, 0.2) is 22.6 Å². The predicted octanol–water partition coefficient (Wildman–Crippen LogP) is 2.11. The number of nitrogens with one attached hydrogen (secondary N) is 1. The summed E-state index contributed by atoms with van der Waals surface area (Å²) < 4.78 is 5.40. The number of aromatic nitrogens is 1. The lowest BCUT2D eigenvalue weighted by atomic mass is 10.1. The molecule has 5 heteroatoms. The molecule has 0 aliphatic heterocycles. The number of hydrogen-bond donors (Lipinski definition) is 2. The second-order valence-electron chi connectivity index (χ2n) is 4.51. The van der Waals surface area contributed by atoms with Crippen LogP contribution in [0.25, 0.3) is 0 Å². The molecule has 1 aromatic carbocycles. The molecule has 0 radical (unpaired) electrons. The minimum Gasteiger partial charge on any atom is -0.444 e. The molecule has 5 nitrogen and oxygen atoms in total. The number of anilines is 1. The number of nitrogen functional groups attached to an aromatic ring is 1. The molecule has 0 aliphatic rings. The molecule has 100 valence electrons. The van der Waals surface area contributed by atoms with Crippen LogP contribution in [0.3, 0.4) is 0 Å². The minimum atomic E-state index is -0.161. The van der Waals surface area contributed by atoms with Crippen LogP contribution in [0.5, 0.6) is 0 Å². The molecule has 19 heavy (non-hydrogen) atoms. The van der Waals surface area contributed by atoms with Crippen LogP contribution in [-0.2, 0) is 6.54 Å². The Hall–Kier alpha value is -2.30. The summed E-state index contributed by atoms with van der Waals surface area (Å²) in [4.78, 5) is 16.2. The summed E-state index contributed by atoms with van der Waals surface area (Å²) in [5.74, 6) is 1.12. The Morgan fingerprint density at radius 2 is 2.11 bits per heavy atom. The number of rotatable bonds is 3. The van der Waals surface area contributed by atoms with Gasteiger partial charge in [0.2, 0.25) is 5.89 Å². The van der Waals surface area contributed by atoms with E-state index < -0.39 is 0 Å². The molecule has 0 unspecified atom stereocenters. The van der Waals surface area contributed by atoms with Crippen molar-refractivity contribution < 1.29 is 9.21 Å². The molecule has 0 atom stereocenters. The van der Waals surface area contributed by atoms with Gasteiger partial charge in [-0.1, -0.05) is 0 Å². The average molecular weight is 259 g/mol. The van der Waals surface area contributed by atoms with Crippen LogP contribution in [0.2, 0.25) is 0 Å². The number of carbonyl (C=O) groups is 1. The van der Waals surface area contributed by atoms with Crippen molar-refractivity contribution in [1.82, 2.24) is 10.3 Å². The first-order chi connectivity index (χ1) is 8.97. The molecule has 2 rings (SSSR count). The largest absolute Gasteiger partial charge is 0.444 e. The number of nitrogens with zero attached hydrogens (tertiary/aromatic N) is 1. The maximum absolute atomic E-state index is 12.0. The number of aryl methyl sites for hydroxylation is 3. The number of amides is 1. The molecule has 0 saturated heterocycles. The van der Waals surface area contributed by atoms with E-state index >= 15 is 0 Å². The first kappa shape index (κ1) is 13.1. The van der Waals surface area contributed by atoms with E-state index in [0.717, 1.165) is 17.0 Å². The second kappa shape index (κ2) is 5.14. The summed E-state index contributed by atoms with van der Waals surface area (Å²) in [7, 11) is 0. The lowest BCUT2D eigenvalue weighted by molar-refractivity contribution is 0.0946. The molecule has 1 aromatic heterocycles. The molecule has 1 amide bonds. The normalized spacial score (nSPS) is 10.5. The van der Waals surface area contributed by atoms with Gasteiger partial charge in [-0.3, -0.25) is 4.79 Å². The van der Waals surface area contributed by atoms with Gasteiger partial charge >= 0.3 is 0 Å². The summed E-state index contributed by atoms with van der Waals surface area (Å²) in [5, 5.41) is 2.78. The zero-order chi connectivity index (χ0) is 14.0. The van der Waals surface area contributed by atoms with Crippen LogP contribution < -0.4 is 11.1 Å². The Balaban J connectivity index is 2.05. The van der Waals surface area contributed by atoms with Crippen molar-refractivity contribution in [2.24, 2.45) is 0 Å². The Labute approximate surface area is 111 Å². The third-order valence-corrected chi connectivity index (χ3v) is 2.97. The summed E-state index contributed by atoms with van der Waals surface area (Å²) >= 11 is 0. The van der Waals surface area contributed by atoms with Crippen LogP contribution in [0.1, 0.15) is 33.3 Å². The Kier molecular flexibility index (Phi) is 3.55. The highest BCUT2D eigenvalue weighted by Crippen LogP contribution is 2.13. The van der Waals surface area contributed by atoms with Gasteiger partial charge < -0.3 is 15.5 Å². The van der Waals surface area contributed by atoms with Crippen molar-refractivity contribution in [3.05, 3.63) is 46.7 Å². The molecule has 0 saturated carbocycles. The highest BCUT2D eigenvalue weighted by atomic mass is 16.4. The van der Waals surface area contributed by atoms with E-state index in [9.17, 15) is 4.79 Å². The SMILES string of the molecule is Cc1cc(N)ccc1C(=O)NCc1nc(C)c(C)o1. The second-order valence-corrected chi connectivity index (χ2v) is 4.51. The zero-order valence-electron chi connectivity index (χ0n) is 11.3. The average Bonchev–Trinajstić information content (AvgIpc) is 2.66. The van der Waals surface area contributed by atoms with Crippen LogP contribution in [0, 0.1) is 20.8 Å². The van der Waals surface area contributed by atoms with Crippen molar-refractivity contribution in [3.8, 4) is 0 Å². The molecule has 0 fully saturated rings. The van der Waals surface area contributed by atoms with E-state index in [0.29, 0.717) is 17.1 Å². The number of nitrogens with two attached hydrogens (primary N) is 1. The van der Waals surface area contributed by atoms with Crippen LogP contribution in [-0.4, -0.2) is 10.9 Å². The van der Waals surface area contributed by atoms with Gasteiger partial charge in [0.25, 0.3) is 5.91 Å². The van der Waals surface area contributed by atoms with Gasteiger partial charge in [0.15, 0.2) is 0 Å². The van der Waals surface area contributed by atoms with E-state index in [2.05, 4.69) is 10.3 Å². The lowest BCUT2D eigenvalue weighted by Crippen LogP contribution is -2.23. The zero-order valence-corrected chi connectivity index (χ0v) is 11.3. The molecular weight excluding hydrogens is 242 g/mol. The van der Waals surface area contributed by atoms with Crippen molar-refractivity contribution >= 4 is 11.6 Å². The highest BCUT2D eigenvalue weighted by molar-refractivity contribution is 5.95. The highest BCUT2D eigenvalue weighted by Gasteiger charge is 2.11. The molecule has 1 heterocycles. The fourth-order valence-corrected chi connectivity index (χ4v) is 1.81. The molecular formula is C14H17N3O2. The van der Waals surface area contributed by atoms with E-state index in [4.69, 9.17) is 10.2 Å². The minimum absolute atomic E-state index is 0.161. The van der Waals surface area contributed by atoms with Gasteiger partial charge in [-0.2, -0.15) is 0 Å². The summed E-state index contributed by atoms with van der Waals surface area (Å²) in [5.41, 5.74) is 8.59. The standard InChI is InChI=1S/C14H17N3O2/c1-8-6-11(15)4-5-12(8)14(18)16-7-13-17-9(2)10(3)19-13/h4-6H,7,15H2,1-3H3,(H,16,18). The number of carbonyl (C=O) groups excluding carboxylic acids is 1. The number of benzene rings is 1. The quantitative estimate of drug-likeness (QED) is 0.827. The molecule has 2 aromatic rings. The fourth-order valence-electron chi connectivity index (χ4n) is 1.81. The van der Waals surface area contributed by atoms with Crippen LogP contribution >= 0.6 is 0 Å². The number of oxazole rings is 1. The monoisotopic (exact) mass is 259 g/mol. The first-order valence-electron chi connectivity index (χ1n) is 6.04. The Morgan fingerprint density at radius 3 is 2.68 bits per heavy atom. The van der Waals surface area contributed by atoms with Gasteiger partial charge in [0.05, 0.1) is 12.2 Å². The maximum atomic E-state index is 12.0. The van der Waals surface area contributed by atoms with E-state index in [1.54, 1.807) is 18.2 Å². The van der Waals surface area contributed by atoms with E-state index in [1.807, 2.05) is 20.8 Å². The molecule has 3 N–H and O–H groups in total. The first-order valence-corrected chi connectivity index (χ1v) is 6.04. The van der Waals surface area contributed by atoms with E-state index in [1.165, 1.54) is 0 Å². The van der Waals surface area contributed by atoms with Gasteiger partial charge in [-0.25, -0.2) is 4.98 Å². The van der Waals surface area contributed by atoms with Gasteiger partial charge in [0, 0.05) is 11.3 Å².